The summed E-state index contributed by atoms with van der Waals surface area (Å²) in [6.45, 7) is 1.44. The molecular formula is C26H21F3N6O3S. The highest BCUT2D eigenvalue weighted by atomic mass is 32.2. The number of anilines is 2. The van der Waals surface area contributed by atoms with Crippen LogP contribution in [0.4, 0.5) is 24.7 Å². The number of hydrogen-bond acceptors (Lipinski definition) is 8. The maximum absolute atomic E-state index is 11.3. The molecule has 3 N–H and O–H groups in total. The van der Waals surface area contributed by atoms with Crippen molar-refractivity contribution in [2.75, 3.05) is 10.6 Å². The monoisotopic (exact) mass is 554 g/mol. The molecular weight excluding hydrogens is 533 g/mol. The molecule has 2 heterocycles. The Hall–Kier alpha value is -4.62. The van der Waals surface area contributed by atoms with E-state index in [-0.39, 0.29) is 5.91 Å². The highest BCUT2D eigenvalue weighted by Gasteiger charge is 2.38. The molecule has 1 saturated carbocycles. The molecule has 13 heteroatoms. The minimum atomic E-state index is -5.08. The van der Waals surface area contributed by atoms with Crippen LogP contribution in [0.15, 0.2) is 53.8 Å². The summed E-state index contributed by atoms with van der Waals surface area (Å²) in [7, 11) is 0. The van der Waals surface area contributed by atoms with E-state index in [0.29, 0.717) is 45.0 Å². The van der Waals surface area contributed by atoms with E-state index in [2.05, 4.69) is 32.7 Å². The molecule has 1 fully saturated rings. The first-order chi connectivity index (χ1) is 18.5. The van der Waals surface area contributed by atoms with Crippen LogP contribution in [0.2, 0.25) is 0 Å². The Balaban J connectivity index is 0.000000532. The smallest absolute Gasteiger partial charge is 0.475 e. The first-order valence-corrected chi connectivity index (χ1v) is 12.4. The molecule has 200 valence electrons. The molecule has 9 nitrogen and oxygen atoms in total. The van der Waals surface area contributed by atoms with Crippen LogP contribution < -0.4 is 10.6 Å². The fourth-order valence-electron chi connectivity index (χ4n) is 3.25. The summed E-state index contributed by atoms with van der Waals surface area (Å²) < 4.78 is 31.7. The van der Waals surface area contributed by atoms with Gasteiger partial charge >= 0.3 is 12.1 Å². The molecule has 1 aliphatic rings. The van der Waals surface area contributed by atoms with Gasteiger partial charge in [0.05, 0.1) is 5.56 Å². The molecule has 0 unspecified atom stereocenters. The average Bonchev–Trinajstić information content (AvgIpc) is 3.71. The number of nitriles is 2. The lowest BCUT2D eigenvalue weighted by atomic mass is 9.96. The zero-order chi connectivity index (χ0) is 28.6. The number of benzene rings is 1. The largest absolute Gasteiger partial charge is 0.490 e. The molecule has 0 radical (unpaired) electrons. The van der Waals surface area contributed by atoms with E-state index in [1.54, 1.807) is 36.7 Å². The number of nitrogens with zero attached hydrogens (tertiary/aromatic N) is 4. The number of carbonyl (C=O) groups excluding carboxylic acids is 1. The molecule has 1 aromatic carbocycles. The normalized spacial score (nSPS) is 12.3. The SMILES string of the molecule is CC(=O)Nc1ccc(-c2c(C#N)c(NC3CC3)nc(SCc3cccnc3)c2C#N)cc1.O=C(O)C(F)(F)F. The van der Waals surface area contributed by atoms with Gasteiger partial charge in [-0.15, -0.1) is 11.8 Å². The second kappa shape index (κ2) is 12.8. The summed E-state index contributed by atoms with van der Waals surface area (Å²) >= 11 is 1.45. The van der Waals surface area contributed by atoms with Crippen LogP contribution in [0, 0.1) is 22.7 Å². The lowest BCUT2D eigenvalue weighted by molar-refractivity contribution is -0.192. The number of rotatable bonds is 7. The quantitative estimate of drug-likeness (QED) is 0.328. The van der Waals surface area contributed by atoms with Crippen molar-refractivity contribution >= 4 is 35.1 Å². The van der Waals surface area contributed by atoms with E-state index in [1.807, 2.05) is 12.1 Å². The number of alkyl halides is 3. The summed E-state index contributed by atoms with van der Waals surface area (Å²) in [5.41, 5.74) is 3.66. The van der Waals surface area contributed by atoms with Crippen molar-refractivity contribution in [1.82, 2.24) is 9.97 Å². The predicted molar refractivity (Wildman–Crippen MR) is 138 cm³/mol. The highest BCUT2D eigenvalue weighted by molar-refractivity contribution is 7.98. The Kier molecular flexibility index (Phi) is 9.47. The van der Waals surface area contributed by atoms with Gasteiger partial charge in [-0.2, -0.15) is 23.7 Å². The molecule has 39 heavy (non-hydrogen) atoms. The maximum Gasteiger partial charge on any atom is 0.490 e. The molecule has 3 aromatic rings. The van der Waals surface area contributed by atoms with Crippen LogP contribution in [-0.4, -0.2) is 39.2 Å². The average molecular weight is 555 g/mol. The van der Waals surface area contributed by atoms with Gasteiger partial charge in [-0.25, -0.2) is 9.78 Å². The van der Waals surface area contributed by atoms with Gasteiger partial charge in [0.25, 0.3) is 0 Å². The van der Waals surface area contributed by atoms with Crippen molar-refractivity contribution in [2.45, 2.75) is 42.8 Å². The summed E-state index contributed by atoms with van der Waals surface area (Å²) in [4.78, 5) is 29.1. The van der Waals surface area contributed by atoms with Gasteiger partial charge in [0.1, 0.15) is 28.5 Å². The van der Waals surface area contributed by atoms with E-state index in [4.69, 9.17) is 9.90 Å². The second-order valence-electron chi connectivity index (χ2n) is 8.24. The molecule has 1 aliphatic carbocycles. The van der Waals surface area contributed by atoms with Crippen molar-refractivity contribution in [3.05, 3.63) is 65.5 Å². The van der Waals surface area contributed by atoms with Gasteiger partial charge in [-0.05, 0) is 42.2 Å². The number of aliphatic carboxylic acids is 1. The minimum Gasteiger partial charge on any atom is -0.475 e. The highest BCUT2D eigenvalue weighted by Crippen LogP contribution is 2.39. The van der Waals surface area contributed by atoms with Gasteiger partial charge in [0.15, 0.2) is 0 Å². The Morgan fingerprint density at radius 2 is 1.77 bits per heavy atom. The van der Waals surface area contributed by atoms with Crippen LogP contribution in [0.5, 0.6) is 0 Å². The Morgan fingerprint density at radius 3 is 2.26 bits per heavy atom. The zero-order valence-corrected chi connectivity index (χ0v) is 21.2. The number of hydrogen-bond donors (Lipinski definition) is 3. The topological polar surface area (TPSA) is 152 Å². The van der Waals surface area contributed by atoms with E-state index in [9.17, 15) is 28.5 Å². The van der Waals surface area contributed by atoms with Crippen molar-refractivity contribution in [2.24, 2.45) is 0 Å². The third-order valence-corrected chi connectivity index (χ3v) is 6.19. The van der Waals surface area contributed by atoms with Crippen LogP contribution in [0.25, 0.3) is 11.1 Å². The third kappa shape index (κ3) is 8.18. The number of carbonyl (C=O) groups is 2. The molecule has 0 spiro atoms. The fraction of sp³-hybridized carbons (Fsp3) is 0.231. The van der Waals surface area contributed by atoms with E-state index in [0.717, 1.165) is 24.0 Å². The Bertz CT molecular complexity index is 1430. The van der Waals surface area contributed by atoms with Crippen LogP contribution in [-0.2, 0) is 15.3 Å². The van der Waals surface area contributed by atoms with Crippen molar-refractivity contribution in [3.63, 3.8) is 0 Å². The summed E-state index contributed by atoms with van der Waals surface area (Å²) in [5.74, 6) is -1.82. The van der Waals surface area contributed by atoms with Crippen LogP contribution >= 0.6 is 11.8 Å². The van der Waals surface area contributed by atoms with E-state index >= 15 is 0 Å². The van der Waals surface area contributed by atoms with Crippen molar-refractivity contribution < 1.29 is 27.9 Å². The summed E-state index contributed by atoms with van der Waals surface area (Å²) in [5, 5.41) is 33.8. The number of carboxylic acid groups (broad SMARTS) is 1. The minimum absolute atomic E-state index is 0.165. The Morgan fingerprint density at radius 1 is 1.13 bits per heavy atom. The van der Waals surface area contributed by atoms with Crippen LogP contribution in [0.3, 0.4) is 0 Å². The van der Waals surface area contributed by atoms with Crippen LogP contribution in [0.1, 0.15) is 36.5 Å². The van der Waals surface area contributed by atoms with Gasteiger partial charge < -0.3 is 15.7 Å². The summed E-state index contributed by atoms with van der Waals surface area (Å²) in [6.07, 6.45) is 0.486. The molecule has 0 atom stereocenters. The van der Waals surface area contributed by atoms with E-state index < -0.39 is 12.1 Å². The number of amides is 1. The number of aromatic nitrogens is 2. The van der Waals surface area contributed by atoms with Gasteiger partial charge in [-0.1, -0.05) is 18.2 Å². The number of pyridine rings is 2. The Labute approximate surface area is 225 Å². The number of halogens is 3. The zero-order valence-electron chi connectivity index (χ0n) is 20.4. The maximum atomic E-state index is 11.3. The molecule has 0 saturated heterocycles. The second-order valence-corrected chi connectivity index (χ2v) is 9.21. The van der Waals surface area contributed by atoms with Crippen molar-refractivity contribution in [1.29, 1.82) is 10.5 Å². The van der Waals surface area contributed by atoms with E-state index in [1.165, 1.54) is 18.7 Å². The molecule has 0 aliphatic heterocycles. The lowest BCUT2D eigenvalue weighted by Gasteiger charge is -2.16. The number of thioether (sulfide) groups is 1. The van der Waals surface area contributed by atoms with Gasteiger partial charge in [0, 0.05) is 42.4 Å². The first kappa shape index (κ1) is 28.9. The van der Waals surface area contributed by atoms with Gasteiger partial charge in [-0.3, -0.25) is 9.78 Å². The third-order valence-electron chi connectivity index (χ3n) is 5.14. The molecule has 4 rings (SSSR count). The molecule has 1 amide bonds. The number of carboxylic acids is 1. The predicted octanol–water partition coefficient (Wildman–Crippen LogP) is 5.35. The standard InChI is InChI=1S/C24H20N6OS.C2HF3O2/c1-15(31)28-18-6-4-17(5-7-18)22-20(11-25)23(29-19-8-9-19)30-24(21(22)12-26)32-14-16-3-2-10-27-13-16;3-2(4,5)1(6)7/h2-7,10,13,19H,8-9,14H2,1H3,(H,28,31)(H,29,30);(H,6,7). The summed E-state index contributed by atoms with van der Waals surface area (Å²) in [6, 6.07) is 15.8. The fourth-order valence-corrected chi connectivity index (χ4v) is 4.18. The molecule has 2 aromatic heterocycles. The molecule has 0 bridgehead atoms. The van der Waals surface area contributed by atoms with Gasteiger partial charge in [0.2, 0.25) is 5.91 Å². The lowest BCUT2D eigenvalue weighted by Crippen LogP contribution is -2.21. The number of nitrogens with one attached hydrogen (secondary N) is 2. The van der Waals surface area contributed by atoms with Crippen molar-refractivity contribution in [3.8, 4) is 23.3 Å². The first-order valence-electron chi connectivity index (χ1n) is 11.4.